The van der Waals surface area contributed by atoms with Crippen LogP contribution in [0.25, 0.3) is 0 Å². The number of anilines is 1. The summed E-state index contributed by atoms with van der Waals surface area (Å²) in [5.74, 6) is 1.43. The molecule has 1 aliphatic heterocycles. The summed E-state index contributed by atoms with van der Waals surface area (Å²) in [4.78, 5) is 16.7. The summed E-state index contributed by atoms with van der Waals surface area (Å²) in [6, 6.07) is 6.12. The fourth-order valence-corrected chi connectivity index (χ4v) is 3.30. The predicted octanol–water partition coefficient (Wildman–Crippen LogP) is 2.14. The van der Waals surface area contributed by atoms with Crippen LogP contribution in [0.2, 0.25) is 0 Å². The maximum Gasteiger partial charge on any atom is 0.274 e. The van der Waals surface area contributed by atoms with E-state index < -0.39 is 0 Å². The molecule has 1 amide bonds. The fraction of sp³-hybridized carbons (Fsp3) is 0.556. The van der Waals surface area contributed by atoms with Crippen molar-refractivity contribution in [1.82, 2.24) is 25.3 Å². The van der Waals surface area contributed by atoms with Gasteiger partial charge in [-0.2, -0.15) is 10.2 Å². The number of amides is 1. The number of aromatic amines is 1. The molecule has 7 nitrogen and oxygen atoms in total. The molecule has 0 aromatic carbocycles. The number of rotatable bonds is 5. The zero-order valence-electron chi connectivity index (χ0n) is 15.1. The normalized spacial score (nSPS) is 15.6. The van der Waals surface area contributed by atoms with Crippen LogP contribution in [0.4, 0.5) is 5.82 Å². The fourth-order valence-electron chi connectivity index (χ4n) is 3.30. The smallest absolute Gasteiger partial charge is 0.274 e. The Balaban J connectivity index is 1.56. The van der Waals surface area contributed by atoms with Gasteiger partial charge >= 0.3 is 0 Å². The second kappa shape index (κ2) is 7.63. The van der Waals surface area contributed by atoms with E-state index in [4.69, 9.17) is 0 Å². The highest BCUT2D eigenvalue weighted by Crippen LogP contribution is 2.21. The maximum absolute atomic E-state index is 12.7. The highest BCUT2D eigenvalue weighted by Gasteiger charge is 2.27. The molecule has 1 fully saturated rings. The van der Waals surface area contributed by atoms with Gasteiger partial charge in [-0.3, -0.25) is 9.89 Å². The SMILES string of the molecule is CC(C)Cc1cc(C(=O)N2CCC(N(C)c3cccnn3)CC2)n[nH]1. The first kappa shape index (κ1) is 17.4. The standard InChI is InChI=1S/C18H26N6O/c1-13(2)11-14-12-16(21-20-14)18(25)24-9-6-15(7-10-24)23(3)17-5-4-8-19-22-17/h4-5,8,12-13,15H,6-7,9-11H2,1-3H3,(H,20,21). The van der Waals surface area contributed by atoms with Gasteiger partial charge in [0.15, 0.2) is 5.82 Å². The number of carbonyl (C=O) groups is 1. The van der Waals surface area contributed by atoms with E-state index >= 15 is 0 Å². The first-order valence-corrected chi connectivity index (χ1v) is 8.88. The lowest BCUT2D eigenvalue weighted by molar-refractivity contribution is 0.0707. The molecule has 1 N–H and O–H groups in total. The van der Waals surface area contributed by atoms with E-state index in [0.717, 1.165) is 43.9 Å². The summed E-state index contributed by atoms with van der Waals surface area (Å²) in [5, 5.41) is 15.3. The number of likely N-dealkylation sites (tertiary alicyclic amines) is 1. The molecule has 3 heterocycles. The van der Waals surface area contributed by atoms with Crippen LogP contribution in [0.15, 0.2) is 24.4 Å². The van der Waals surface area contributed by atoms with Gasteiger partial charge < -0.3 is 9.80 Å². The Hall–Kier alpha value is -2.44. The van der Waals surface area contributed by atoms with Gasteiger partial charge in [-0.15, -0.1) is 5.10 Å². The average molecular weight is 342 g/mol. The number of hydrogen-bond acceptors (Lipinski definition) is 5. The summed E-state index contributed by atoms with van der Waals surface area (Å²) in [5.41, 5.74) is 1.55. The quantitative estimate of drug-likeness (QED) is 0.901. The van der Waals surface area contributed by atoms with E-state index in [2.05, 4.69) is 39.1 Å². The van der Waals surface area contributed by atoms with Gasteiger partial charge in [0.1, 0.15) is 5.69 Å². The van der Waals surface area contributed by atoms with Crippen molar-refractivity contribution in [3.8, 4) is 0 Å². The Kier molecular flexibility index (Phi) is 5.31. The van der Waals surface area contributed by atoms with Crippen LogP contribution in [0.5, 0.6) is 0 Å². The van der Waals surface area contributed by atoms with E-state index in [0.29, 0.717) is 17.7 Å². The van der Waals surface area contributed by atoms with Crippen LogP contribution in [-0.4, -0.2) is 57.4 Å². The van der Waals surface area contributed by atoms with E-state index in [1.54, 1.807) is 6.20 Å². The lowest BCUT2D eigenvalue weighted by Crippen LogP contribution is -2.46. The van der Waals surface area contributed by atoms with Gasteiger partial charge in [0, 0.05) is 38.1 Å². The highest BCUT2D eigenvalue weighted by molar-refractivity contribution is 5.92. The summed E-state index contributed by atoms with van der Waals surface area (Å²) < 4.78 is 0. The van der Waals surface area contributed by atoms with Gasteiger partial charge in [0.25, 0.3) is 5.91 Å². The van der Waals surface area contributed by atoms with Crippen LogP contribution >= 0.6 is 0 Å². The van der Waals surface area contributed by atoms with Gasteiger partial charge in [0.2, 0.25) is 0 Å². The van der Waals surface area contributed by atoms with Crippen molar-refractivity contribution in [3.05, 3.63) is 35.8 Å². The first-order chi connectivity index (χ1) is 12.0. The van der Waals surface area contributed by atoms with E-state index in [9.17, 15) is 4.79 Å². The van der Waals surface area contributed by atoms with Crippen LogP contribution in [-0.2, 0) is 6.42 Å². The third-order valence-corrected chi connectivity index (χ3v) is 4.70. The molecule has 0 radical (unpaired) electrons. The molecule has 0 atom stereocenters. The van der Waals surface area contributed by atoms with Crippen LogP contribution in [0, 0.1) is 5.92 Å². The zero-order valence-corrected chi connectivity index (χ0v) is 15.1. The number of nitrogens with one attached hydrogen (secondary N) is 1. The van der Waals surface area contributed by atoms with Crippen LogP contribution in [0.3, 0.4) is 0 Å². The Labute approximate surface area is 148 Å². The molecule has 134 valence electrons. The van der Waals surface area contributed by atoms with Crippen molar-refractivity contribution in [1.29, 1.82) is 0 Å². The molecule has 0 saturated carbocycles. The molecular weight excluding hydrogens is 316 g/mol. The Morgan fingerprint density at radius 1 is 1.40 bits per heavy atom. The predicted molar refractivity (Wildman–Crippen MR) is 96.5 cm³/mol. The second-order valence-electron chi connectivity index (χ2n) is 7.09. The Morgan fingerprint density at radius 3 is 2.80 bits per heavy atom. The number of H-pyrrole nitrogens is 1. The van der Waals surface area contributed by atoms with Crippen LogP contribution < -0.4 is 4.90 Å². The third kappa shape index (κ3) is 4.15. The van der Waals surface area contributed by atoms with Crippen molar-refractivity contribution in [3.63, 3.8) is 0 Å². The second-order valence-corrected chi connectivity index (χ2v) is 7.09. The van der Waals surface area contributed by atoms with Gasteiger partial charge in [0.05, 0.1) is 0 Å². The van der Waals surface area contributed by atoms with Gasteiger partial charge in [-0.1, -0.05) is 13.8 Å². The number of hydrogen-bond donors (Lipinski definition) is 1. The molecule has 25 heavy (non-hydrogen) atoms. The third-order valence-electron chi connectivity index (χ3n) is 4.70. The zero-order chi connectivity index (χ0) is 17.8. The van der Waals surface area contributed by atoms with Crippen molar-refractivity contribution in [2.75, 3.05) is 25.0 Å². The first-order valence-electron chi connectivity index (χ1n) is 8.88. The van der Waals surface area contributed by atoms with Crippen molar-refractivity contribution >= 4 is 11.7 Å². The number of aromatic nitrogens is 4. The van der Waals surface area contributed by atoms with E-state index in [1.807, 2.05) is 30.1 Å². The molecule has 2 aromatic rings. The Bertz CT molecular complexity index is 691. The average Bonchev–Trinajstić information content (AvgIpc) is 3.09. The molecule has 3 rings (SSSR count). The van der Waals surface area contributed by atoms with Crippen molar-refractivity contribution < 1.29 is 4.79 Å². The minimum atomic E-state index is 0.0202. The molecule has 0 bridgehead atoms. The Morgan fingerprint density at radius 2 is 2.16 bits per heavy atom. The lowest BCUT2D eigenvalue weighted by Gasteiger charge is -2.36. The monoisotopic (exact) mass is 342 g/mol. The number of piperidine rings is 1. The summed E-state index contributed by atoms with van der Waals surface area (Å²) in [6.07, 6.45) is 4.42. The number of nitrogens with zero attached hydrogens (tertiary/aromatic N) is 5. The van der Waals surface area contributed by atoms with Crippen molar-refractivity contribution in [2.24, 2.45) is 5.92 Å². The maximum atomic E-state index is 12.7. The summed E-state index contributed by atoms with van der Waals surface area (Å²) in [6.45, 7) is 5.78. The molecule has 0 unspecified atom stereocenters. The largest absolute Gasteiger partial charge is 0.355 e. The molecule has 1 saturated heterocycles. The molecule has 2 aromatic heterocycles. The molecule has 1 aliphatic rings. The topological polar surface area (TPSA) is 78.0 Å². The summed E-state index contributed by atoms with van der Waals surface area (Å²) in [7, 11) is 2.04. The van der Waals surface area contributed by atoms with Gasteiger partial charge in [-0.05, 0) is 43.4 Å². The van der Waals surface area contributed by atoms with E-state index in [-0.39, 0.29) is 5.91 Å². The van der Waals surface area contributed by atoms with Crippen LogP contribution in [0.1, 0.15) is 42.9 Å². The minimum absolute atomic E-state index is 0.0202. The minimum Gasteiger partial charge on any atom is -0.355 e. The molecule has 7 heteroatoms. The van der Waals surface area contributed by atoms with Gasteiger partial charge in [-0.25, -0.2) is 0 Å². The molecular formula is C18H26N6O. The lowest BCUT2D eigenvalue weighted by atomic mass is 10.0. The molecule has 0 aliphatic carbocycles. The highest BCUT2D eigenvalue weighted by atomic mass is 16.2. The molecule has 0 spiro atoms. The summed E-state index contributed by atoms with van der Waals surface area (Å²) >= 11 is 0. The van der Waals surface area contributed by atoms with E-state index in [1.165, 1.54) is 0 Å². The number of carbonyl (C=O) groups excluding carboxylic acids is 1. The van der Waals surface area contributed by atoms with Crippen molar-refractivity contribution in [2.45, 2.75) is 39.2 Å².